The molecule has 14 heteroatoms. The Hall–Kier alpha value is -3.78. The molecule has 0 unspecified atom stereocenters. The van der Waals surface area contributed by atoms with Crippen molar-refractivity contribution in [3.05, 3.63) is 76.5 Å². The van der Waals surface area contributed by atoms with Crippen LogP contribution in [0.5, 0.6) is 5.88 Å². The van der Waals surface area contributed by atoms with Gasteiger partial charge in [-0.1, -0.05) is 0 Å². The number of piperazine rings is 1. The van der Waals surface area contributed by atoms with Crippen molar-refractivity contribution >= 4 is 21.7 Å². The highest BCUT2D eigenvalue weighted by molar-refractivity contribution is 7.88. The third kappa shape index (κ3) is 5.53. The SMILES string of the molecule is CS(=O)(=O)N1CCN(c2ccc(-c3cc(COc4cc5c(cn4)[C@H]4[C@@H](C5)[C@@H]4C(=O)O)c(F)cc3C(F)(F)F)c(F)c2)CC1. The molecule has 1 N–H and O–H groups in total. The van der Waals surface area contributed by atoms with E-state index in [0.717, 1.165) is 29.5 Å². The number of benzene rings is 2. The van der Waals surface area contributed by atoms with Gasteiger partial charge in [0.15, 0.2) is 0 Å². The molecule has 228 valence electrons. The van der Waals surface area contributed by atoms with Gasteiger partial charge in [-0.2, -0.15) is 17.5 Å². The van der Waals surface area contributed by atoms with Crippen LogP contribution in [-0.4, -0.2) is 61.2 Å². The van der Waals surface area contributed by atoms with E-state index in [2.05, 4.69) is 4.98 Å². The highest BCUT2D eigenvalue weighted by Crippen LogP contribution is 2.61. The van der Waals surface area contributed by atoms with Crippen molar-refractivity contribution in [2.45, 2.75) is 25.1 Å². The minimum Gasteiger partial charge on any atom is -0.481 e. The largest absolute Gasteiger partial charge is 0.481 e. The molecule has 2 fully saturated rings. The number of ether oxygens (including phenoxy) is 1. The summed E-state index contributed by atoms with van der Waals surface area (Å²) in [6.07, 6.45) is -1.82. The molecule has 1 aliphatic heterocycles. The van der Waals surface area contributed by atoms with Crippen LogP contribution in [0, 0.1) is 23.5 Å². The van der Waals surface area contributed by atoms with Gasteiger partial charge in [0, 0.05) is 61.2 Å². The van der Waals surface area contributed by atoms with E-state index in [9.17, 15) is 35.9 Å². The number of anilines is 1. The molecule has 1 saturated heterocycles. The van der Waals surface area contributed by atoms with E-state index in [1.54, 1.807) is 11.0 Å². The molecule has 2 aliphatic carbocycles. The zero-order valence-electron chi connectivity index (χ0n) is 22.7. The molecular weight excluding hydrogens is 597 g/mol. The average Bonchev–Trinajstić information content (AvgIpc) is 3.53. The second-order valence-electron chi connectivity index (χ2n) is 11.1. The van der Waals surface area contributed by atoms with Crippen LogP contribution in [0.15, 0.2) is 42.6 Å². The zero-order valence-corrected chi connectivity index (χ0v) is 23.6. The molecule has 0 radical (unpaired) electrons. The smallest absolute Gasteiger partial charge is 0.417 e. The molecule has 1 saturated carbocycles. The van der Waals surface area contributed by atoms with E-state index in [1.165, 1.54) is 22.6 Å². The number of carboxylic acids is 1. The van der Waals surface area contributed by atoms with E-state index in [4.69, 9.17) is 4.74 Å². The van der Waals surface area contributed by atoms with Crippen LogP contribution in [0.4, 0.5) is 27.6 Å². The third-order valence-electron chi connectivity index (χ3n) is 8.45. The number of hydrogen-bond donors (Lipinski definition) is 1. The van der Waals surface area contributed by atoms with Gasteiger partial charge in [-0.3, -0.25) is 4.79 Å². The van der Waals surface area contributed by atoms with Gasteiger partial charge in [-0.25, -0.2) is 22.2 Å². The fourth-order valence-corrected chi connectivity index (χ4v) is 7.05. The predicted octanol–water partition coefficient (Wildman–Crippen LogP) is 4.68. The van der Waals surface area contributed by atoms with Gasteiger partial charge in [0.2, 0.25) is 15.9 Å². The molecule has 0 spiro atoms. The summed E-state index contributed by atoms with van der Waals surface area (Å²) in [6.45, 7) is 0.444. The maximum atomic E-state index is 15.4. The van der Waals surface area contributed by atoms with Crippen LogP contribution in [0.3, 0.4) is 0 Å². The Bertz CT molecular complexity index is 1720. The molecule has 0 bridgehead atoms. The Labute approximate surface area is 243 Å². The standard InChI is InChI=1S/C29H26F5N3O5S/c1-43(40,41)37-6-4-36(5-7-37)17-2-3-18(24(31)11-17)19-9-16(23(30)12-22(19)29(32,33)34)14-42-25-10-15-8-20-26(21(15)13-35-25)27(20)28(38)39/h2-3,9-13,20,26-27H,4-8,14H2,1H3,(H,38,39)/t20-,26-,27+/m1/s1. The van der Waals surface area contributed by atoms with Crippen LogP contribution in [0.25, 0.3) is 11.1 Å². The van der Waals surface area contributed by atoms with Crippen LogP contribution in [0.1, 0.15) is 28.2 Å². The lowest BCUT2D eigenvalue weighted by Gasteiger charge is -2.34. The quantitative estimate of drug-likeness (QED) is 0.382. The first-order chi connectivity index (χ1) is 20.2. The number of carbonyl (C=O) groups is 1. The number of halogens is 5. The van der Waals surface area contributed by atoms with Gasteiger partial charge in [-0.05, 0) is 59.4 Å². The third-order valence-corrected chi connectivity index (χ3v) is 9.75. The average molecular weight is 624 g/mol. The number of nitrogens with zero attached hydrogens (tertiary/aromatic N) is 3. The molecular formula is C29H26F5N3O5S. The lowest BCUT2D eigenvalue weighted by molar-refractivity contribution is -0.139. The van der Waals surface area contributed by atoms with E-state index < -0.39 is 57.5 Å². The number of rotatable bonds is 7. The van der Waals surface area contributed by atoms with Gasteiger partial charge in [0.05, 0.1) is 17.7 Å². The van der Waals surface area contributed by atoms with Crippen molar-refractivity contribution in [2.75, 3.05) is 37.3 Å². The summed E-state index contributed by atoms with van der Waals surface area (Å²) in [5.41, 5.74) is -0.446. The molecule has 8 nitrogen and oxygen atoms in total. The summed E-state index contributed by atoms with van der Waals surface area (Å²) in [7, 11) is -3.38. The molecule has 3 aromatic rings. The van der Waals surface area contributed by atoms with Crippen molar-refractivity contribution in [1.29, 1.82) is 0 Å². The molecule has 2 heterocycles. The minimum atomic E-state index is -4.97. The Morgan fingerprint density at radius 1 is 1.05 bits per heavy atom. The molecule has 43 heavy (non-hydrogen) atoms. The van der Waals surface area contributed by atoms with E-state index in [0.29, 0.717) is 18.2 Å². The topological polar surface area (TPSA) is 100 Å². The van der Waals surface area contributed by atoms with Crippen molar-refractivity contribution in [3.8, 4) is 17.0 Å². The first-order valence-electron chi connectivity index (χ1n) is 13.5. The van der Waals surface area contributed by atoms with Crippen molar-refractivity contribution in [2.24, 2.45) is 11.8 Å². The molecule has 3 atom stereocenters. The number of aromatic nitrogens is 1. The van der Waals surface area contributed by atoms with E-state index >= 15 is 4.39 Å². The second kappa shape index (κ2) is 10.4. The fraction of sp³-hybridized carbons (Fsp3) is 0.379. The number of carboxylic acid groups (broad SMARTS) is 1. The number of pyridine rings is 1. The van der Waals surface area contributed by atoms with Crippen LogP contribution in [0.2, 0.25) is 0 Å². The number of alkyl halides is 3. The monoisotopic (exact) mass is 623 g/mol. The summed E-state index contributed by atoms with van der Waals surface area (Å²) in [4.78, 5) is 17.2. The van der Waals surface area contributed by atoms with Gasteiger partial charge in [-0.15, -0.1) is 0 Å². The first kappa shape index (κ1) is 29.3. The normalized spacial score (nSPS) is 21.8. The van der Waals surface area contributed by atoms with Crippen molar-refractivity contribution in [3.63, 3.8) is 0 Å². The van der Waals surface area contributed by atoms with Gasteiger partial charge < -0.3 is 14.7 Å². The molecule has 3 aliphatic rings. The maximum Gasteiger partial charge on any atom is 0.417 e. The number of hydrogen-bond acceptors (Lipinski definition) is 6. The second-order valence-corrected chi connectivity index (χ2v) is 13.1. The Balaban J connectivity index is 1.23. The first-order valence-corrected chi connectivity index (χ1v) is 15.3. The minimum absolute atomic E-state index is 0.00200. The summed E-state index contributed by atoms with van der Waals surface area (Å²) < 4.78 is 103. The number of fused-ring (bicyclic) bond motifs is 3. The fourth-order valence-electron chi connectivity index (χ4n) is 6.22. The lowest BCUT2D eigenvalue weighted by atomic mass is 9.95. The molecule has 2 aromatic carbocycles. The van der Waals surface area contributed by atoms with Crippen LogP contribution < -0.4 is 9.64 Å². The van der Waals surface area contributed by atoms with Crippen molar-refractivity contribution in [1.82, 2.24) is 9.29 Å². The van der Waals surface area contributed by atoms with Crippen molar-refractivity contribution < 1.29 is 45.0 Å². The van der Waals surface area contributed by atoms with Gasteiger partial charge in [0.25, 0.3) is 0 Å². The Morgan fingerprint density at radius 3 is 2.40 bits per heavy atom. The van der Waals surface area contributed by atoms with E-state index in [-0.39, 0.29) is 55.0 Å². The zero-order chi connectivity index (χ0) is 30.8. The van der Waals surface area contributed by atoms with Gasteiger partial charge in [0.1, 0.15) is 18.2 Å². The van der Waals surface area contributed by atoms with Gasteiger partial charge >= 0.3 is 12.1 Å². The lowest BCUT2D eigenvalue weighted by Crippen LogP contribution is -2.48. The van der Waals surface area contributed by atoms with Crippen LogP contribution in [-0.2, 0) is 34.0 Å². The highest BCUT2D eigenvalue weighted by Gasteiger charge is 2.60. The van der Waals surface area contributed by atoms with Crippen LogP contribution >= 0.6 is 0 Å². The molecule has 1 aromatic heterocycles. The predicted molar refractivity (Wildman–Crippen MR) is 145 cm³/mol. The Morgan fingerprint density at radius 2 is 1.77 bits per heavy atom. The summed E-state index contributed by atoms with van der Waals surface area (Å²) in [5, 5.41) is 9.28. The number of sulfonamides is 1. The maximum absolute atomic E-state index is 15.4. The summed E-state index contributed by atoms with van der Waals surface area (Å²) in [6, 6.07) is 6.58. The molecule has 6 rings (SSSR count). The molecule has 0 amide bonds. The highest BCUT2D eigenvalue weighted by atomic mass is 32.2. The van der Waals surface area contributed by atoms with E-state index in [1.807, 2.05) is 0 Å². The summed E-state index contributed by atoms with van der Waals surface area (Å²) in [5.74, 6) is -3.40. The Kier molecular flexibility index (Phi) is 7.11. The number of aliphatic carboxylic acids is 1. The summed E-state index contributed by atoms with van der Waals surface area (Å²) >= 11 is 0.